The van der Waals surface area contributed by atoms with Crippen molar-refractivity contribution in [1.29, 1.82) is 0 Å². The Hall–Kier alpha value is -1.16. The third-order valence-electron chi connectivity index (χ3n) is 1.55. The average molecular weight is 168 g/mol. The van der Waals surface area contributed by atoms with Gasteiger partial charge in [-0.1, -0.05) is 6.92 Å². The predicted octanol–water partition coefficient (Wildman–Crippen LogP) is 1.08. The van der Waals surface area contributed by atoms with Gasteiger partial charge in [0.05, 0.1) is 0 Å². The lowest BCUT2D eigenvalue weighted by Crippen LogP contribution is -2.10. The highest BCUT2D eigenvalue weighted by atomic mass is 16.5. The summed E-state index contributed by atoms with van der Waals surface area (Å²) >= 11 is 0. The quantitative estimate of drug-likeness (QED) is 0.632. The number of carbonyl (C=O) groups excluding carboxylic acids is 1. The first-order valence-corrected chi connectivity index (χ1v) is 3.82. The van der Waals surface area contributed by atoms with Gasteiger partial charge in [0.2, 0.25) is 0 Å². The van der Waals surface area contributed by atoms with Gasteiger partial charge in [0.1, 0.15) is 6.73 Å². The van der Waals surface area contributed by atoms with Crippen molar-refractivity contribution in [3.8, 4) is 0 Å². The fraction of sp³-hybridized carbons (Fsp3) is 0.500. The van der Waals surface area contributed by atoms with E-state index >= 15 is 0 Å². The Bertz CT molecular complexity index is 268. The lowest BCUT2D eigenvalue weighted by molar-refractivity contribution is 0.0938. The number of ether oxygens (including phenoxy) is 1. The van der Waals surface area contributed by atoms with Crippen LogP contribution in [-0.2, 0) is 11.5 Å². The second-order valence-electron chi connectivity index (χ2n) is 2.42. The minimum atomic E-state index is 0.0389. The molecule has 0 spiro atoms. The van der Waals surface area contributed by atoms with Crippen LogP contribution in [0.15, 0.2) is 12.4 Å². The van der Waals surface area contributed by atoms with Crippen LogP contribution in [0.1, 0.15) is 24.0 Å². The molecule has 0 amide bonds. The van der Waals surface area contributed by atoms with Gasteiger partial charge < -0.3 is 9.30 Å². The zero-order chi connectivity index (χ0) is 8.97. The molecule has 1 heterocycles. The summed E-state index contributed by atoms with van der Waals surface area (Å²) in [7, 11) is 1.58. The van der Waals surface area contributed by atoms with Crippen molar-refractivity contribution < 1.29 is 9.53 Å². The van der Waals surface area contributed by atoms with E-state index in [9.17, 15) is 4.79 Å². The highest BCUT2D eigenvalue weighted by molar-refractivity contribution is 5.92. The van der Waals surface area contributed by atoms with E-state index in [1.165, 1.54) is 0 Å². The highest BCUT2D eigenvalue weighted by Gasteiger charge is 2.09. The molecule has 4 heteroatoms. The van der Waals surface area contributed by atoms with Gasteiger partial charge >= 0.3 is 0 Å². The molecule has 1 aromatic heterocycles. The number of ketones is 1. The number of aromatic nitrogens is 2. The minimum Gasteiger partial charge on any atom is -0.364 e. The highest BCUT2D eigenvalue weighted by Crippen LogP contribution is 2.01. The van der Waals surface area contributed by atoms with Crippen molar-refractivity contribution in [3.63, 3.8) is 0 Å². The van der Waals surface area contributed by atoms with E-state index in [1.807, 2.05) is 6.92 Å². The van der Waals surface area contributed by atoms with E-state index in [2.05, 4.69) is 4.98 Å². The SMILES string of the molecule is CCC(=O)c1nccn1COC. The first-order valence-electron chi connectivity index (χ1n) is 3.82. The largest absolute Gasteiger partial charge is 0.364 e. The normalized spacial score (nSPS) is 10.2. The van der Waals surface area contributed by atoms with Crippen molar-refractivity contribution in [3.05, 3.63) is 18.2 Å². The third kappa shape index (κ3) is 1.71. The second kappa shape index (κ2) is 4.01. The number of methoxy groups -OCH3 is 1. The minimum absolute atomic E-state index is 0.0389. The van der Waals surface area contributed by atoms with Crippen molar-refractivity contribution in [1.82, 2.24) is 9.55 Å². The summed E-state index contributed by atoms with van der Waals surface area (Å²) < 4.78 is 6.58. The summed E-state index contributed by atoms with van der Waals surface area (Å²) in [5.41, 5.74) is 0. The number of Topliss-reactive ketones (excluding diaryl/α,β-unsaturated/α-hetero) is 1. The van der Waals surface area contributed by atoms with Crippen LogP contribution in [0.25, 0.3) is 0 Å². The molecule has 1 aromatic rings. The van der Waals surface area contributed by atoms with Gasteiger partial charge in [-0.05, 0) is 0 Å². The van der Waals surface area contributed by atoms with E-state index in [0.29, 0.717) is 19.0 Å². The van der Waals surface area contributed by atoms with Crippen molar-refractivity contribution in [2.45, 2.75) is 20.1 Å². The number of nitrogens with zero attached hydrogens (tertiary/aromatic N) is 2. The number of hydrogen-bond donors (Lipinski definition) is 0. The fourth-order valence-corrected chi connectivity index (χ4v) is 0.963. The molecule has 0 aliphatic rings. The summed E-state index contributed by atoms with van der Waals surface area (Å²) in [5.74, 6) is 0.511. The molecule has 0 atom stereocenters. The van der Waals surface area contributed by atoms with Crippen LogP contribution < -0.4 is 0 Å². The van der Waals surface area contributed by atoms with Crippen molar-refractivity contribution in [2.75, 3.05) is 7.11 Å². The molecule has 0 saturated carbocycles. The maximum atomic E-state index is 11.2. The third-order valence-corrected chi connectivity index (χ3v) is 1.55. The molecule has 0 saturated heterocycles. The maximum Gasteiger partial charge on any atom is 0.198 e. The molecular formula is C8H12N2O2. The summed E-state index contributed by atoms with van der Waals surface area (Å²) in [6, 6.07) is 0. The molecule has 0 bridgehead atoms. The topological polar surface area (TPSA) is 44.1 Å². The Morgan fingerprint density at radius 1 is 1.75 bits per heavy atom. The van der Waals surface area contributed by atoms with E-state index in [4.69, 9.17) is 4.74 Å². The van der Waals surface area contributed by atoms with Gasteiger partial charge in [0, 0.05) is 25.9 Å². The maximum absolute atomic E-state index is 11.2. The Labute approximate surface area is 71.2 Å². The van der Waals surface area contributed by atoms with Gasteiger partial charge in [-0.15, -0.1) is 0 Å². The molecule has 12 heavy (non-hydrogen) atoms. The van der Waals surface area contributed by atoms with Gasteiger partial charge in [-0.2, -0.15) is 0 Å². The standard InChI is InChI=1S/C8H12N2O2/c1-3-7(11)8-9-4-5-10(8)6-12-2/h4-5H,3,6H2,1-2H3. The monoisotopic (exact) mass is 168 g/mol. The van der Waals surface area contributed by atoms with Crippen molar-refractivity contribution >= 4 is 5.78 Å². The van der Waals surface area contributed by atoms with Crippen molar-refractivity contribution in [2.24, 2.45) is 0 Å². The second-order valence-corrected chi connectivity index (χ2v) is 2.42. The molecule has 0 aliphatic carbocycles. The molecule has 0 N–H and O–H groups in total. The smallest absolute Gasteiger partial charge is 0.198 e. The molecule has 0 aromatic carbocycles. The molecule has 66 valence electrons. The first-order chi connectivity index (χ1) is 5.79. The Morgan fingerprint density at radius 3 is 3.08 bits per heavy atom. The summed E-state index contributed by atoms with van der Waals surface area (Å²) in [4.78, 5) is 15.2. The van der Waals surface area contributed by atoms with Gasteiger partial charge in [0.25, 0.3) is 0 Å². The van der Waals surface area contributed by atoms with Crippen LogP contribution in [0.5, 0.6) is 0 Å². The summed E-state index contributed by atoms with van der Waals surface area (Å²) in [6.07, 6.45) is 3.80. The first kappa shape index (κ1) is 8.93. The number of hydrogen-bond acceptors (Lipinski definition) is 3. The van der Waals surface area contributed by atoms with E-state index in [0.717, 1.165) is 0 Å². The van der Waals surface area contributed by atoms with Crippen LogP contribution in [-0.4, -0.2) is 22.4 Å². The van der Waals surface area contributed by atoms with E-state index < -0.39 is 0 Å². The zero-order valence-electron chi connectivity index (χ0n) is 7.28. The van der Waals surface area contributed by atoms with Gasteiger partial charge in [-0.25, -0.2) is 4.98 Å². The molecule has 0 aliphatic heterocycles. The summed E-state index contributed by atoms with van der Waals surface area (Å²) in [6.45, 7) is 2.19. The lowest BCUT2D eigenvalue weighted by atomic mass is 10.3. The molecular weight excluding hydrogens is 156 g/mol. The Morgan fingerprint density at radius 2 is 2.50 bits per heavy atom. The average Bonchev–Trinajstić information content (AvgIpc) is 2.52. The van der Waals surface area contributed by atoms with Crippen LogP contribution in [0, 0.1) is 0 Å². The van der Waals surface area contributed by atoms with Crippen LogP contribution in [0.4, 0.5) is 0 Å². The number of carbonyl (C=O) groups is 1. The van der Waals surface area contributed by atoms with Crippen LogP contribution in [0.3, 0.4) is 0 Å². The number of imidazole rings is 1. The summed E-state index contributed by atoms with van der Waals surface area (Å²) in [5, 5.41) is 0. The van der Waals surface area contributed by atoms with Gasteiger partial charge in [-0.3, -0.25) is 4.79 Å². The molecule has 1 rings (SSSR count). The Balaban J connectivity index is 2.83. The van der Waals surface area contributed by atoms with E-state index in [1.54, 1.807) is 24.1 Å². The molecule has 0 fully saturated rings. The molecule has 0 radical (unpaired) electrons. The van der Waals surface area contributed by atoms with E-state index in [-0.39, 0.29) is 5.78 Å². The molecule has 4 nitrogen and oxygen atoms in total. The van der Waals surface area contributed by atoms with Gasteiger partial charge in [0.15, 0.2) is 11.6 Å². The zero-order valence-corrected chi connectivity index (χ0v) is 7.28. The number of rotatable bonds is 4. The predicted molar refractivity (Wildman–Crippen MR) is 43.9 cm³/mol. The Kier molecular flexibility index (Phi) is 2.99. The van der Waals surface area contributed by atoms with Crippen LogP contribution >= 0.6 is 0 Å². The van der Waals surface area contributed by atoms with Crippen LogP contribution in [0.2, 0.25) is 0 Å². The molecule has 0 unspecified atom stereocenters. The lowest BCUT2D eigenvalue weighted by Gasteiger charge is -2.03. The fourth-order valence-electron chi connectivity index (χ4n) is 0.963.